The van der Waals surface area contributed by atoms with Crippen LogP contribution in [0, 0.1) is 5.92 Å². The lowest BCUT2D eigenvalue weighted by atomic mass is 9.95. The molecule has 1 unspecified atom stereocenters. The maximum atomic E-state index is 12.1. The van der Waals surface area contributed by atoms with E-state index in [0.717, 1.165) is 12.8 Å². The molecule has 1 aliphatic rings. The van der Waals surface area contributed by atoms with Crippen LogP contribution in [-0.2, 0) is 4.79 Å². The molecule has 0 spiro atoms. The first kappa shape index (κ1) is 14.3. The Balaban J connectivity index is 2.20. The second kappa shape index (κ2) is 5.13. The van der Waals surface area contributed by atoms with E-state index in [9.17, 15) is 14.7 Å². The zero-order chi connectivity index (χ0) is 14.2. The number of benzene rings is 1. The fourth-order valence-electron chi connectivity index (χ4n) is 1.94. The van der Waals surface area contributed by atoms with Gasteiger partial charge in [-0.25, -0.2) is 4.79 Å². The standard InChI is InChI=1S/C13H13BrClNO3/c1-13(12(18)19,8-3-4-8)16-11(17)7-2-5-9(14)10(15)6-7/h2,5-6,8H,3-4H2,1H3,(H,16,17)(H,18,19). The first-order valence-corrected chi connectivity index (χ1v) is 7.02. The summed E-state index contributed by atoms with van der Waals surface area (Å²) in [6.07, 6.45) is 1.65. The van der Waals surface area contributed by atoms with E-state index >= 15 is 0 Å². The summed E-state index contributed by atoms with van der Waals surface area (Å²) < 4.78 is 0.689. The monoisotopic (exact) mass is 345 g/mol. The number of nitrogens with one attached hydrogen (secondary N) is 1. The number of rotatable bonds is 4. The van der Waals surface area contributed by atoms with E-state index in [1.807, 2.05) is 0 Å². The summed E-state index contributed by atoms with van der Waals surface area (Å²) in [5.74, 6) is -1.43. The third-order valence-electron chi connectivity index (χ3n) is 3.39. The van der Waals surface area contributed by atoms with E-state index < -0.39 is 17.4 Å². The van der Waals surface area contributed by atoms with Crippen LogP contribution >= 0.6 is 27.5 Å². The Morgan fingerprint density at radius 3 is 2.58 bits per heavy atom. The number of carbonyl (C=O) groups excluding carboxylic acids is 1. The van der Waals surface area contributed by atoms with Gasteiger partial charge in [0.2, 0.25) is 0 Å². The molecular weight excluding hydrogens is 334 g/mol. The minimum Gasteiger partial charge on any atom is -0.480 e. The van der Waals surface area contributed by atoms with Crippen LogP contribution in [0.5, 0.6) is 0 Å². The maximum Gasteiger partial charge on any atom is 0.329 e. The van der Waals surface area contributed by atoms with Gasteiger partial charge in [-0.05, 0) is 59.8 Å². The first-order valence-electron chi connectivity index (χ1n) is 5.85. The van der Waals surface area contributed by atoms with Crippen LogP contribution in [0.15, 0.2) is 22.7 Å². The molecule has 6 heteroatoms. The number of aliphatic carboxylic acids is 1. The van der Waals surface area contributed by atoms with E-state index in [2.05, 4.69) is 21.2 Å². The molecule has 1 amide bonds. The molecule has 0 aliphatic heterocycles. The molecule has 2 N–H and O–H groups in total. The molecule has 102 valence electrons. The van der Waals surface area contributed by atoms with Crippen molar-refractivity contribution < 1.29 is 14.7 Å². The van der Waals surface area contributed by atoms with Crippen molar-refractivity contribution >= 4 is 39.4 Å². The molecule has 0 bridgehead atoms. The topological polar surface area (TPSA) is 66.4 Å². The molecule has 1 saturated carbocycles. The molecule has 4 nitrogen and oxygen atoms in total. The average molecular weight is 347 g/mol. The van der Waals surface area contributed by atoms with Gasteiger partial charge in [-0.1, -0.05) is 11.6 Å². The highest BCUT2D eigenvalue weighted by Gasteiger charge is 2.48. The fraction of sp³-hybridized carbons (Fsp3) is 0.385. The van der Waals surface area contributed by atoms with Gasteiger partial charge >= 0.3 is 5.97 Å². The highest BCUT2D eigenvalue weighted by atomic mass is 79.9. The lowest BCUT2D eigenvalue weighted by Gasteiger charge is -2.26. The van der Waals surface area contributed by atoms with Gasteiger partial charge < -0.3 is 10.4 Å². The van der Waals surface area contributed by atoms with Crippen LogP contribution in [0.3, 0.4) is 0 Å². The van der Waals surface area contributed by atoms with Gasteiger partial charge in [-0.3, -0.25) is 4.79 Å². The quantitative estimate of drug-likeness (QED) is 0.880. The molecule has 0 saturated heterocycles. The number of carboxylic acids is 1. The van der Waals surface area contributed by atoms with E-state index in [1.54, 1.807) is 19.1 Å². The summed E-state index contributed by atoms with van der Waals surface area (Å²) in [5, 5.41) is 12.3. The van der Waals surface area contributed by atoms with Crippen molar-refractivity contribution in [3.63, 3.8) is 0 Å². The van der Waals surface area contributed by atoms with E-state index in [1.165, 1.54) is 6.07 Å². The Bertz CT molecular complexity index is 545. The summed E-state index contributed by atoms with van der Waals surface area (Å²) >= 11 is 9.16. The van der Waals surface area contributed by atoms with Crippen molar-refractivity contribution in [2.45, 2.75) is 25.3 Å². The average Bonchev–Trinajstić information content (AvgIpc) is 3.16. The van der Waals surface area contributed by atoms with Crippen LogP contribution < -0.4 is 5.32 Å². The Hall–Kier alpha value is -1.07. The van der Waals surface area contributed by atoms with E-state index in [0.29, 0.717) is 15.1 Å². The third-order valence-corrected chi connectivity index (χ3v) is 4.63. The van der Waals surface area contributed by atoms with Gasteiger partial charge in [0.1, 0.15) is 5.54 Å². The minimum atomic E-state index is -1.21. The number of carbonyl (C=O) groups is 2. The lowest BCUT2D eigenvalue weighted by molar-refractivity contribution is -0.144. The molecule has 1 aromatic carbocycles. The predicted octanol–water partition coefficient (Wildman–Crippen LogP) is 3.09. The van der Waals surface area contributed by atoms with Gasteiger partial charge in [0, 0.05) is 10.0 Å². The van der Waals surface area contributed by atoms with Gasteiger partial charge in [-0.2, -0.15) is 0 Å². The van der Waals surface area contributed by atoms with Crippen molar-refractivity contribution in [1.82, 2.24) is 5.32 Å². The summed E-state index contributed by atoms with van der Waals surface area (Å²) in [6.45, 7) is 1.55. The van der Waals surface area contributed by atoms with Gasteiger partial charge in [0.25, 0.3) is 5.91 Å². The second-order valence-electron chi connectivity index (χ2n) is 4.86. The maximum absolute atomic E-state index is 12.1. The molecule has 2 rings (SSSR count). The zero-order valence-corrected chi connectivity index (χ0v) is 12.6. The molecule has 0 aromatic heterocycles. The zero-order valence-electron chi connectivity index (χ0n) is 10.2. The van der Waals surface area contributed by atoms with Crippen molar-refractivity contribution in [2.24, 2.45) is 5.92 Å². The Morgan fingerprint density at radius 2 is 2.11 bits per heavy atom. The van der Waals surface area contributed by atoms with Crippen LogP contribution in [-0.4, -0.2) is 22.5 Å². The molecular formula is C13H13BrClNO3. The SMILES string of the molecule is CC(NC(=O)c1ccc(Br)c(Cl)c1)(C(=O)O)C1CC1. The number of amides is 1. The predicted molar refractivity (Wildman–Crippen MR) is 75.4 cm³/mol. The van der Waals surface area contributed by atoms with Gasteiger partial charge in [0.15, 0.2) is 0 Å². The minimum absolute atomic E-state index is 0.000120. The number of carboxylic acid groups (broad SMARTS) is 1. The first-order chi connectivity index (χ1) is 8.84. The van der Waals surface area contributed by atoms with Crippen LogP contribution in [0.25, 0.3) is 0 Å². The molecule has 1 atom stereocenters. The number of hydrogen-bond acceptors (Lipinski definition) is 2. The summed E-state index contributed by atoms with van der Waals surface area (Å²) in [6, 6.07) is 4.77. The Labute approximate surface area is 124 Å². The van der Waals surface area contributed by atoms with Crippen LogP contribution in [0.1, 0.15) is 30.1 Å². The Kier molecular flexibility index (Phi) is 3.87. The molecule has 0 radical (unpaired) electrons. The Morgan fingerprint density at radius 1 is 1.47 bits per heavy atom. The van der Waals surface area contributed by atoms with E-state index in [-0.39, 0.29) is 5.92 Å². The lowest BCUT2D eigenvalue weighted by Crippen LogP contribution is -2.54. The van der Waals surface area contributed by atoms with Crippen molar-refractivity contribution in [3.05, 3.63) is 33.3 Å². The molecule has 1 aromatic rings. The molecule has 1 fully saturated rings. The molecule has 19 heavy (non-hydrogen) atoms. The largest absolute Gasteiger partial charge is 0.480 e. The smallest absolute Gasteiger partial charge is 0.329 e. The number of hydrogen-bond donors (Lipinski definition) is 2. The normalized spacial score (nSPS) is 17.6. The van der Waals surface area contributed by atoms with Crippen molar-refractivity contribution in [2.75, 3.05) is 0 Å². The van der Waals surface area contributed by atoms with Crippen molar-refractivity contribution in [1.29, 1.82) is 0 Å². The molecule has 0 heterocycles. The summed E-state index contributed by atoms with van der Waals surface area (Å²) in [7, 11) is 0. The fourth-order valence-corrected chi connectivity index (χ4v) is 2.36. The molecule has 1 aliphatic carbocycles. The highest BCUT2D eigenvalue weighted by Crippen LogP contribution is 2.40. The highest BCUT2D eigenvalue weighted by molar-refractivity contribution is 9.10. The van der Waals surface area contributed by atoms with Crippen LogP contribution in [0.4, 0.5) is 0 Å². The summed E-state index contributed by atoms with van der Waals surface area (Å²) in [5.41, 5.74) is -0.863. The van der Waals surface area contributed by atoms with Gasteiger partial charge in [0.05, 0.1) is 5.02 Å². The third kappa shape index (κ3) is 2.92. The van der Waals surface area contributed by atoms with Crippen LogP contribution in [0.2, 0.25) is 5.02 Å². The summed E-state index contributed by atoms with van der Waals surface area (Å²) in [4.78, 5) is 23.5. The van der Waals surface area contributed by atoms with E-state index in [4.69, 9.17) is 11.6 Å². The van der Waals surface area contributed by atoms with Crippen molar-refractivity contribution in [3.8, 4) is 0 Å². The second-order valence-corrected chi connectivity index (χ2v) is 6.13. The van der Waals surface area contributed by atoms with Gasteiger partial charge in [-0.15, -0.1) is 0 Å². The number of halogens is 2.